The molecular formula is C119H206O20. The summed E-state index contributed by atoms with van der Waals surface area (Å²) in [6.07, 6.45) is 8.83. The van der Waals surface area contributed by atoms with Crippen molar-refractivity contribution in [3.05, 3.63) is 0 Å². The van der Waals surface area contributed by atoms with Crippen LogP contribution in [0.5, 0.6) is 0 Å². The normalized spacial score (nSPS) is 15.4. The molecule has 4 fully saturated rings. The van der Waals surface area contributed by atoms with Gasteiger partial charge in [-0.3, -0.25) is 24.0 Å². The molecular weight excluding hydrogens is 1750 g/mol. The lowest BCUT2D eigenvalue weighted by Crippen LogP contribution is -2.54. The number of carboxylic acid groups (broad SMARTS) is 1. The number of Topliss-reactive ketones (excluding diaryl/α,β-unsaturated/α-hetero) is 1. The van der Waals surface area contributed by atoms with Gasteiger partial charge in [0, 0.05) is 141 Å². The molecule has 1 N–H and O–H groups in total. The third-order valence-electron chi connectivity index (χ3n) is 20.1. The van der Waals surface area contributed by atoms with Crippen LogP contribution >= 0.6 is 0 Å². The highest BCUT2D eigenvalue weighted by atomic mass is 16.8. The summed E-state index contributed by atoms with van der Waals surface area (Å²) in [7, 11) is 0. The molecule has 10 atom stereocenters. The van der Waals surface area contributed by atoms with Crippen LogP contribution in [-0.4, -0.2) is 116 Å². The fourth-order valence-corrected chi connectivity index (χ4v) is 14.3. The molecule has 0 aromatic carbocycles. The molecule has 0 saturated heterocycles. The van der Waals surface area contributed by atoms with E-state index in [0.717, 1.165) is 57.8 Å². The molecule has 0 amide bonds. The summed E-state index contributed by atoms with van der Waals surface area (Å²) in [4.78, 5) is 123. The molecule has 20 heteroatoms. The second kappa shape index (κ2) is 73.3. The van der Waals surface area contributed by atoms with E-state index in [1.165, 1.54) is 0 Å². The van der Waals surface area contributed by atoms with Gasteiger partial charge in [-0.1, -0.05) is 77.1 Å². The van der Waals surface area contributed by atoms with Gasteiger partial charge in [0.05, 0.1) is 0 Å². The van der Waals surface area contributed by atoms with E-state index >= 15 is 0 Å². The average molecular weight is 1960 g/mol. The lowest BCUT2D eigenvalue weighted by molar-refractivity contribution is -0.164. The lowest BCUT2D eigenvalue weighted by Gasteiger charge is -2.61. The highest BCUT2D eigenvalue weighted by Crippen LogP contribution is 2.67. The first-order valence-electron chi connectivity index (χ1n) is 43.0. The van der Waals surface area contributed by atoms with E-state index < -0.39 is 99.3 Å². The number of fused-ring (bicyclic) bond motifs is 5. The Morgan fingerprint density at radius 1 is 0.331 bits per heavy atom. The summed E-state index contributed by atoms with van der Waals surface area (Å²) in [5.74, 6) is 152. The number of esters is 7. The second-order valence-electron chi connectivity index (χ2n) is 29.6. The molecule has 20 nitrogen and oxygen atoms in total. The van der Waals surface area contributed by atoms with Crippen LogP contribution in [0.25, 0.3) is 0 Å². The highest BCUT2D eigenvalue weighted by Gasteiger charge is 2.61. The summed E-state index contributed by atoms with van der Waals surface area (Å²) >= 11 is 0. The fourth-order valence-electron chi connectivity index (χ4n) is 14.3. The Balaban J connectivity index is -0.0000000284. The first kappa shape index (κ1) is 114. The number of ketones is 1. The minimum atomic E-state index is -1.24. The van der Waals surface area contributed by atoms with Crippen molar-refractivity contribution in [2.45, 2.75) is 203 Å². The Morgan fingerprint density at radius 2 is 0.626 bits per heavy atom. The van der Waals surface area contributed by atoms with Crippen LogP contribution in [0.4, 0.5) is 4.79 Å². The van der Waals surface area contributed by atoms with Crippen molar-refractivity contribution < 1.29 is 181 Å². The number of aliphatic carboxylic acids is 1. The Hall–Kier alpha value is -19.4. The topological polar surface area (TPSA) is 274 Å². The molecule has 0 bridgehead atoms. The molecule has 4 rings (SSSR count). The molecule has 139 heavy (non-hydrogen) atoms. The minimum Gasteiger partial charge on any atom is -0.481 e. The van der Waals surface area contributed by atoms with Gasteiger partial charge in [-0.2, -0.15) is 0 Å². The van der Waals surface area contributed by atoms with Crippen LogP contribution in [0.1, 0.15) is 270 Å². The van der Waals surface area contributed by atoms with E-state index in [9.17, 15) is 47.9 Å². The standard InChI is InChI=1S/C71H60O12.C48H26O8.60H2/c1-7-9-11-13-15-17-19-21-23-25-27-29-31-33-35-40-65(73)78-53-60(54-79-66(74)41-36-34-32-30-28-26-24-22-20-18-16-14-12-10-8-2)82-68(76)51-56(3)39-37-38-42-67(75)80-55-81-69(77)83-59-47-49-70(5)58(52-59)43-44-61-63-46-45-62(57(4)72)71(63,6)50-48-64(61)70;1-4-6-8-10-12-14-16-18-20-22-24-26-28-30-32-38-46(51)54-41-44(56-48(53)40-43(3)36-34-35-37-45(49)50)42-55-47(52)39-33-31-29-27-25-23-21-19-17-15-13-11-9-7-5-2;;;;;;;;;;;;;;;;;;;;;;;;;;;;;;;;;;;;;;;;;;;;;;;;;;;;;;;;;;;;/h56,58-64H,37-39,42-55H2,1-6H3;43-44H,34-37,40-42H2,1-3H3,(H,49,50);60*1H/t56?,58-,59?,61-,62+,63-,64-,70-,71+;;;;;;;;;;;;;;;;;;;;;;;;;;;;;;;;;;;;;;;;;;;;;;;;;;;;;;;;;;;;;/m0............................................................./s1. The summed E-state index contributed by atoms with van der Waals surface area (Å²) in [5.41, 5.74) is 0.293. The van der Waals surface area contributed by atoms with Gasteiger partial charge < -0.3 is 47.7 Å². The van der Waals surface area contributed by atoms with Crippen molar-refractivity contribution in [1.29, 1.82) is 0 Å². The van der Waals surface area contributed by atoms with Gasteiger partial charge in [-0.25, -0.2) is 24.0 Å². The van der Waals surface area contributed by atoms with E-state index in [-0.39, 0.29) is 146 Å². The average Bonchev–Trinajstić information content (AvgIpc) is 1.59. The maximum Gasteiger partial charge on any atom is 0.511 e. The second-order valence-corrected chi connectivity index (χ2v) is 29.6. The molecule has 0 aromatic rings. The van der Waals surface area contributed by atoms with Crippen molar-refractivity contribution in [2.24, 2.45) is 52.3 Å². The highest BCUT2D eigenvalue weighted by molar-refractivity contribution is 5.91. The van der Waals surface area contributed by atoms with Crippen LogP contribution < -0.4 is 0 Å². The maximum atomic E-state index is 13.0. The van der Waals surface area contributed by atoms with Gasteiger partial charge >= 0.3 is 53.9 Å². The quantitative estimate of drug-likeness (QED) is 0.0190. The molecule has 4 aliphatic rings. The van der Waals surface area contributed by atoms with Gasteiger partial charge in [0.2, 0.25) is 6.79 Å². The minimum absolute atomic E-state index is 0. The van der Waals surface area contributed by atoms with Crippen LogP contribution in [0.2, 0.25) is 0 Å². The summed E-state index contributed by atoms with van der Waals surface area (Å²) in [6, 6.07) is 0. The van der Waals surface area contributed by atoms with Gasteiger partial charge in [-0.05, 0) is 483 Å². The molecule has 802 valence electrons. The van der Waals surface area contributed by atoms with Crippen molar-refractivity contribution >= 4 is 59.7 Å². The third kappa shape index (κ3) is 55.4. The lowest BCUT2D eigenvalue weighted by atomic mass is 9.44. The van der Waals surface area contributed by atoms with Crippen molar-refractivity contribution in [3.8, 4) is 379 Å². The molecule has 3 unspecified atom stereocenters. The number of carboxylic acids is 1. The third-order valence-corrected chi connectivity index (χ3v) is 20.1. The molecule has 4 aliphatic carbocycles. The Labute approximate surface area is 906 Å². The van der Waals surface area contributed by atoms with E-state index in [1.54, 1.807) is 41.5 Å². The molecule has 0 spiro atoms. The maximum absolute atomic E-state index is 13.0. The van der Waals surface area contributed by atoms with Crippen molar-refractivity contribution in [1.82, 2.24) is 0 Å². The zero-order valence-electron chi connectivity index (χ0n) is 77.9. The van der Waals surface area contributed by atoms with E-state index in [1.807, 2.05) is 6.92 Å². The SMILES string of the molecule is CC#CC#CC#CC#CC#CC#CC#CC#CC(=O)OCC(COC(=O)C#CC#CC#CC#CC#CC#CC#CC#CC)OC(=O)CC(C)CCCCC(=O)O.CC#CC#CC#CC#CC#CC#CC#CC#CC(=O)OCC(COC(=O)C#CC#CC#CC#CC#CC#CC#CC#CC)OC(=O)CC(C)CCCCC(=O)OCOC(=O)OC1CC[C@@]2(C)[C@@H](CC[C@@H]3[C@@H]2CC[C@]2(C)[C@@H](C(C)=O)CC[C@@H]32)C1.[HH].[HH].[HH].[HH].[HH].[HH].[HH].[HH].[HH].[HH].[HH].[HH].[HH].[HH].[HH].[HH].[HH].[HH].[HH].[HH].[HH].[HH].[HH].[HH].[HH].[HH].[HH].[HH].[HH].[HH].[HH].[HH].[HH].[HH].[HH].[HH].[HH].[HH].[HH].[HH].[HH].[HH].[HH].[HH].[HH].[HH].[HH].[HH].[HH].[HH].[HH].[HH].[HH].[HH].[HH].[HH].[HH].[HH].[HH].[HH]. The van der Waals surface area contributed by atoms with Gasteiger partial charge in [0.15, 0.2) is 12.2 Å². The number of unbranched alkanes of at least 4 members (excludes halogenated alkanes) is 2. The van der Waals surface area contributed by atoms with Crippen LogP contribution in [-0.2, 0) is 85.8 Å². The number of hydrogen-bond acceptors (Lipinski definition) is 19. The monoisotopic (exact) mass is 1960 g/mol. The largest absolute Gasteiger partial charge is 0.511 e. The molecule has 0 aromatic heterocycles. The molecule has 0 heterocycles. The van der Waals surface area contributed by atoms with Crippen molar-refractivity contribution in [2.75, 3.05) is 33.2 Å². The summed E-state index contributed by atoms with van der Waals surface area (Å²) in [5, 5.41) is 8.78. The molecule has 4 saturated carbocycles. The molecule has 0 radical (unpaired) electrons. The smallest absolute Gasteiger partial charge is 0.481 e. The molecule has 0 aliphatic heterocycles. The number of rotatable bonds is 28. The predicted molar refractivity (Wildman–Crippen MR) is 642 cm³/mol. The van der Waals surface area contributed by atoms with Crippen LogP contribution in [0.3, 0.4) is 0 Å². The van der Waals surface area contributed by atoms with Gasteiger partial charge in [-0.15, -0.1) is 0 Å². The summed E-state index contributed by atoms with van der Waals surface area (Å²) < 4.78 is 47.3. The van der Waals surface area contributed by atoms with Crippen molar-refractivity contribution in [3.63, 3.8) is 0 Å². The Kier molecular flexibility index (Phi) is 60.0. The Bertz CT molecular complexity index is 6820. The van der Waals surface area contributed by atoms with E-state index in [4.69, 9.17) is 47.7 Å². The van der Waals surface area contributed by atoms with E-state index in [2.05, 4.69) is 393 Å². The number of ether oxygens (including phenoxy) is 9. The van der Waals surface area contributed by atoms with Crippen LogP contribution in [0, 0.1) is 431 Å². The predicted octanol–water partition coefficient (Wildman–Crippen LogP) is 23.4. The zero-order chi connectivity index (χ0) is 101. The van der Waals surface area contributed by atoms with E-state index in [0.29, 0.717) is 68.0 Å². The number of carbonyl (C=O) groups is 10. The zero-order valence-corrected chi connectivity index (χ0v) is 77.9. The first-order chi connectivity index (χ1) is 67.5. The van der Waals surface area contributed by atoms with Gasteiger partial charge in [0.1, 0.15) is 38.3 Å². The Morgan fingerprint density at radius 3 is 0.935 bits per heavy atom. The van der Waals surface area contributed by atoms with Gasteiger partial charge in [0.25, 0.3) is 0 Å². The number of hydrogen-bond donors (Lipinski definition) is 1. The van der Waals surface area contributed by atoms with Crippen LogP contribution in [0.15, 0.2) is 0 Å². The first-order valence-corrected chi connectivity index (χ1v) is 43.0. The number of carbonyl (C=O) groups excluding carboxylic acids is 9. The summed E-state index contributed by atoms with van der Waals surface area (Å²) in [6.45, 7) is 14.2. The fraction of sp³-hybridized carbons (Fsp3) is 0.378.